The van der Waals surface area contributed by atoms with Crippen molar-refractivity contribution in [3.8, 4) is 0 Å². The standard InChI is InChI=1S/C11H16BrN5O3S/c1-17-6-8(2-3-10(17)18)16-21(19,20)9-4-7(12)5-14-11(9)15-13/h4-5,8,16H,2-3,6,13H2,1H3,(H,14,15). The highest BCUT2D eigenvalue weighted by Crippen LogP contribution is 2.23. The molecule has 0 saturated carbocycles. The number of hydrogen-bond donors (Lipinski definition) is 3. The van der Waals surface area contributed by atoms with Gasteiger partial charge in [0.1, 0.15) is 4.90 Å². The van der Waals surface area contributed by atoms with Crippen LogP contribution in [0.5, 0.6) is 0 Å². The van der Waals surface area contributed by atoms with E-state index in [0.717, 1.165) is 0 Å². The summed E-state index contributed by atoms with van der Waals surface area (Å²) >= 11 is 3.18. The Balaban J connectivity index is 2.23. The highest BCUT2D eigenvalue weighted by atomic mass is 79.9. The number of halogens is 1. The maximum absolute atomic E-state index is 12.4. The number of hydrazine groups is 1. The minimum absolute atomic E-state index is 0.0129. The van der Waals surface area contributed by atoms with Gasteiger partial charge < -0.3 is 10.3 Å². The minimum Gasteiger partial charge on any atom is -0.344 e. The summed E-state index contributed by atoms with van der Waals surface area (Å²) in [6.07, 6.45) is 2.24. The number of aromatic nitrogens is 1. The fourth-order valence-electron chi connectivity index (χ4n) is 2.13. The zero-order valence-corrected chi connectivity index (χ0v) is 13.7. The molecule has 1 aliphatic rings. The van der Waals surface area contributed by atoms with Crippen molar-refractivity contribution >= 4 is 37.7 Å². The topological polar surface area (TPSA) is 117 Å². The number of nitrogens with two attached hydrogens (primary N) is 1. The van der Waals surface area contributed by atoms with E-state index in [1.54, 1.807) is 7.05 Å². The molecule has 1 aromatic heterocycles. The Morgan fingerprint density at radius 2 is 2.24 bits per heavy atom. The van der Waals surface area contributed by atoms with E-state index in [1.165, 1.54) is 17.2 Å². The van der Waals surface area contributed by atoms with E-state index in [0.29, 0.717) is 23.9 Å². The molecule has 1 amide bonds. The maximum atomic E-state index is 12.4. The molecule has 116 valence electrons. The van der Waals surface area contributed by atoms with Gasteiger partial charge in [-0.2, -0.15) is 0 Å². The van der Waals surface area contributed by atoms with Crippen molar-refractivity contribution < 1.29 is 13.2 Å². The van der Waals surface area contributed by atoms with Crippen LogP contribution < -0.4 is 16.0 Å². The van der Waals surface area contributed by atoms with E-state index >= 15 is 0 Å². The minimum atomic E-state index is -3.79. The predicted octanol–water partition coefficient (Wildman–Crippen LogP) is 0.0288. The third-order valence-electron chi connectivity index (χ3n) is 3.19. The number of likely N-dealkylation sites (tertiary alicyclic amines) is 1. The number of amides is 1. The largest absolute Gasteiger partial charge is 0.344 e. The number of nitrogens with zero attached hydrogens (tertiary/aromatic N) is 2. The summed E-state index contributed by atoms with van der Waals surface area (Å²) in [5, 5.41) is 0. The maximum Gasteiger partial charge on any atom is 0.244 e. The summed E-state index contributed by atoms with van der Waals surface area (Å²) in [6.45, 7) is 0.338. The van der Waals surface area contributed by atoms with E-state index in [9.17, 15) is 13.2 Å². The second kappa shape index (κ2) is 6.26. The van der Waals surface area contributed by atoms with Crippen LogP contribution in [-0.4, -0.2) is 43.8 Å². The molecule has 21 heavy (non-hydrogen) atoms. The quantitative estimate of drug-likeness (QED) is 0.503. The SMILES string of the molecule is CN1CC(NS(=O)(=O)c2cc(Br)cnc2NN)CCC1=O. The zero-order valence-electron chi connectivity index (χ0n) is 11.3. The van der Waals surface area contributed by atoms with Crippen LogP contribution in [0, 0.1) is 0 Å². The number of piperidine rings is 1. The second-order valence-corrected chi connectivity index (χ2v) is 7.37. The summed E-state index contributed by atoms with van der Waals surface area (Å²) in [5.74, 6) is 5.37. The molecule has 2 heterocycles. The molecule has 1 saturated heterocycles. The molecule has 2 rings (SSSR count). The fourth-order valence-corrected chi connectivity index (χ4v) is 4.01. The first-order chi connectivity index (χ1) is 9.83. The van der Waals surface area contributed by atoms with Gasteiger partial charge in [-0.05, 0) is 28.4 Å². The molecule has 0 bridgehead atoms. The van der Waals surface area contributed by atoms with Crippen LogP contribution in [-0.2, 0) is 14.8 Å². The van der Waals surface area contributed by atoms with Crippen LogP contribution in [0.15, 0.2) is 21.6 Å². The van der Waals surface area contributed by atoms with Gasteiger partial charge in [0.05, 0.1) is 0 Å². The average Bonchev–Trinajstić information content (AvgIpc) is 2.42. The number of nitrogen functional groups attached to an aromatic ring is 1. The number of anilines is 1. The first-order valence-electron chi connectivity index (χ1n) is 6.22. The van der Waals surface area contributed by atoms with E-state index < -0.39 is 10.0 Å². The molecule has 0 spiro atoms. The first kappa shape index (κ1) is 16.1. The third-order valence-corrected chi connectivity index (χ3v) is 5.16. The predicted molar refractivity (Wildman–Crippen MR) is 80.7 cm³/mol. The Morgan fingerprint density at radius 1 is 1.52 bits per heavy atom. The zero-order chi connectivity index (χ0) is 15.6. The fraction of sp³-hybridized carbons (Fsp3) is 0.455. The Labute approximate surface area is 131 Å². The monoisotopic (exact) mass is 377 g/mol. The average molecular weight is 378 g/mol. The van der Waals surface area contributed by atoms with Gasteiger partial charge in [-0.3, -0.25) is 4.79 Å². The molecule has 1 unspecified atom stereocenters. The molecule has 1 fully saturated rings. The Kier molecular flexibility index (Phi) is 4.81. The lowest BCUT2D eigenvalue weighted by Gasteiger charge is -2.30. The van der Waals surface area contributed by atoms with Gasteiger partial charge in [-0.15, -0.1) is 0 Å². The lowest BCUT2D eigenvalue weighted by Crippen LogP contribution is -2.48. The van der Waals surface area contributed by atoms with Crippen molar-refractivity contribution in [1.82, 2.24) is 14.6 Å². The van der Waals surface area contributed by atoms with Crippen molar-refractivity contribution in [3.63, 3.8) is 0 Å². The summed E-state index contributed by atoms with van der Waals surface area (Å²) in [7, 11) is -2.14. The Morgan fingerprint density at radius 3 is 2.86 bits per heavy atom. The summed E-state index contributed by atoms with van der Waals surface area (Å²) in [4.78, 5) is 16.8. The molecule has 0 radical (unpaired) electrons. The summed E-state index contributed by atoms with van der Waals surface area (Å²) in [6, 6.07) is 1.09. The molecule has 8 nitrogen and oxygen atoms in total. The van der Waals surface area contributed by atoms with Crippen LogP contribution in [0.4, 0.5) is 5.82 Å². The van der Waals surface area contributed by atoms with Crippen molar-refractivity contribution in [2.75, 3.05) is 19.0 Å². The van der Waals surface area contributed by atoms with Gasteiger partial charge in [-0.1, -0.05) is 0 Å². The molecular weight excluding hydrogens is 362 g/mol. The highest BCUT2D eigenvalue weighted by molar-refractivity contribution is 9.10. The number of likely N-dealkylation sites (N-methyl/N-ethyl adjacent to an activating group) is 1. The van der Waals surface area contributed by atoms with Crippen LogP contribution in [0.3, 0.4) is 0 Å². The molecule has 1 aromatic rings. The van der Waals surface area contributed by atoms with Gasteiger partial charge in [0.2, 0.25) is 15.9 Å². The summed E-state index contributed by atoms with van der Waals surface area (Å²) in [5.41, 5.74) is 2.27. The Bertz CT molecular complexity index is 651. The van der Waals surface area contributed by atoms with Crippen LogP contribution in [0.1, 0.15) is 12.8 Å². The molecule has 1 atom stereocenters. The number of sulfonamides is 1. The normalized spacial score (nSPS) is 19.7. The molecule has 4 N–H and O–H groups in total. The highest BCUT2D eigenvalue weighted by Gasteiger charge is 2.29. The smallest absolute Gasteiger partial charge is 0.244 e. The lowest BCUT2D eigenvalue weighted by atomic mass is 10.1. The van der Waals surface area contributed by atoms with Gasteiger partial charge >= 0.3 is 0 Å². The molecule has 10 heteroatoms. The first-order valence-corrected chi connectivity index (χ1v) is 8.49. The lowest BCUT2D eigenvalue weighted by molar-refractivity contribution is -0.132. The van der Waals surface area contributed by atoms with Crippen molar-refractivity contribution in [1.29, 1.82) is 0 Å². The van der Waals surface area contributed by atoms with Gasteiger partial charge in [0, 0.05) is 36.7 Å². The second-order valence-electron chi connectivity index (χ2n) is 4.78. The number of pyridine rings is 1. The van der Waals surface area contributed by atoms with E-state index in [1.807, 2.05) is 0 Å². The Hall–Kier alpha value is -1.23. The third kappa shape index (κ3) is 3.70. The van der Waals surface area contributed by atoms with Crippen LogP contribution in [0.25, 0.3) is 0 Å². The van der Waals surface area contributed by atoms with Crippen molar-refractivity contribution in [2.24, 2.45) is 5.84 Å². The number of nitrogens with one attached hydrogen (secondary N) is 2. The van der Waals surface area contributed by atoms with Gasteiger partial charge in [-0.25, -0.2) is 24.0 Å². The number of rotatable bonds is 4. The molecule has 1 aliphatic heterocycles. The van der Waals surface area contributed by atoms with Crippen molar-refractivity contribution in [2.45, 2.75) is 23.8 Å². The summed E-state index contributed by atoms with van der Waals surface area (Å²) < 4.78 is 28.0. The van der Waals surface area contributed by atoms with E-state index in [4.69, 9.17) is 5.84 Å². The van der Waals surface area contributed by atoms with Gasteiger partial charge in [0.25, 0.3) is 0 Å². The van der Waals surface area contributed by atoms with E-state index in [2.05, 4.69) is 31.1 Å². The number of hydrogen-bond acceptors (Lipinski definition) is 6. The molecular formula is C11H16BrN5O3S. The molecule has 0 aliphatic carbocycles. The van der Waals surface area contributed by atoms with Gasteiger partial charge in [0.15, 0.2) is 5.82 Å². The van der Waals surface area contributed by atoms with E-state index in [-0.39, 0.29) is 22.7 Å². The number of carbonyl (C=O) groups is 1. The number of carbonyl (C=O) groups excluding carboxylic acids is 1. The van der Waals surface area contributed by atoms with Crippen molar-refractivity contribution in [3.05, 3.63) is 16.7 Å². The molecule has 0 aromatic carbocycles. The van der Waals surface area contributed by atoms with Crippen LogP contribution >= 0.6 is 15.9 Å². The van der Waals surface area contributed by atoms with Crippen LogP contribution in [0.2, 0.25) is 0 Å².